The summed E-state index contributed by atoms with van der Waals surface area (Å²) in [5, 5.41) is 0. The fraction of sp³-hybridized carbons (Fsp3) is 0.250. The molecule has 0 bridgehead atoms. The first-order valence-corrected chi connectivity index (χ1v) is 7.47. The first-order chi connectivity index (χ1) is 8.33. The van der Waals surface area contributed by atoms with Crippen molar-refractivity contribution in [2.75, 3.05) is 0 Å². The van der Waals surface area contributed by atoms with Crippen molar-refractivity contribution < 1.29 is 0 Å². The minimum absolute atomic E-state index is 1.11. The molecule has 0 aliphatic rings. The summed E-state index contributed by atoms with van der Waals surface area (Å²) in [6.45, 7) is 6.08. The number of benzene rings is 2. The average Bonchev–Trinajstić information content (AvgIpc) is 2.43. The van der Waals surface area contributed by atoms with Gasteiger partial charge in [-0.1, -0.05) is 103 Å². The Balaban J connectivity index is 0.000000265. The van der Waals surface area contributed by atoms with Crippen LogP contribution in [0.15, 0.2) is 60.7 Å². The number of alkyl halides is 1. The molecule has 0 saturated heterocycles. The molecule has 17 heavy (non-hydrogen) atoms. The summed E-state index contributed by atoms with van der Waals surface area (Å²) in [5.74, 6) is 0. The van der Waals surface area contributed by atoms with E-state index in [4.69, 9.17) is 0 Å². The van der Waals surface area contributed by atoms with E-state index in [-0.39, 0.29) is 0 Å². The van der Waals surface area contributed by atoms with E-state index in [2.05, 4.69) is 65.9 Å². The van der Waals surface area contributed by atoms with Gasteiger partial charge in [0.1, 0.15) is 0 Å². The number of halogens is 1. The molecule has 0 aliphatic carbocycles. The molecule has 0 nitrogen and oxygen atoms in total. The molecule has 2 aromatic carbocycles. The van der Waals surface area contributed by atoms with Gasteiger partial charge in [0.25, 0.3) is 0 Å². The van der Waals surface area contributed by atoms with Crippen molar-refractivity contribution in [3.05, 3.63) is 71.8 Å². The molecule has 0 radical (unpaired) electrons. The highest BCUT2D eigenvalue weighted by Crippen LogP contribution is 2.02. The van der Waals surface area contributed by atoms with Crippen LogP contribution in [0.5, 0.6) is 0 Å². The summed E-state index contributed by atoms with van der Waals surface area (Å²) < 4.78 is 1.11. The Kier molecular flexibility index (Phi) is 11.1. The van der Waals surface area contributed by atoms with E-state index in [1.165, 1.54) is 11.1 Å². The van der Waals surface area contributed by atoms with E-state index in [9.17, 15) is 0 Å². The zero-order valence-corrected chi connectivity index (χ0v) is 13.0. The van der Waals surface area contributed by atoms with Gasteiger partial charge in [0, 0.05) is 4.43 Å². The highest BCUT2D eigenvalue weighted by atomic mass is 127. The first-order valence-electron chi connectivity index (χ1n) is 5.94. The van der Waals surface area contributed by atoms with Gasteiger partial charge in [-0.15, -0.1) is 0 Å². The summed E-state index contributed by atoms with van der Waals surface area (Å²) in [5.41, 5.74) is 2.72. The molecule has 92 valence electrons. The minimum atomic E-state index is 1.11. The van der Waals surface area contributed by atoms with Crippen LogP contribution in [0.25, 0.3) is 0 Å². The van der Waals surface area contributed by atoms with Gasteiger partial charge >= 0.3 is 0 Å². The second kappa shape index (κ2) is 11.6. The monoisotopic (exact) mass is 340 g/mol. The molecule has 0 aliphatic heterocycles. The maximum atomic E-state index is 2.35. The van der Waals surface area contributed by atoms with E-state index < -0.39 is 0 Å². The summed E-state index contributed by atoms with van der Waals surface area (Å²) in [7, 11) is 0. The Morgan fingerprint density at radius 2 is 1.18 bits per heavy atom. The highest BCUT2D eigenvalue weighted by Gasteiger charge is 1.81. The van der Waals surface area contributed by atoms with Gasteiger partial charge in [-0.2, -0.15) is 0 Å². The predicted octanol–water partition coefficient (Wildman–Crippen LogP) is 5.64. The predicted molar refractivity (Wildman–Crippen MR) is 86.7 cm³/mol. The number of hydrogen-bond donors (Lipinski definition) is 0. The van der Waals surface area contributed by atoms with Crippen LogP contribution in [0.3, 0.4) is 0 Å². The highest BCUT2D eigenvalue weighted by molar-refractivity contribution is 14.1. The van der Waals surface area contributed by atoms with Crippen molar-refractivity contribution in [1.29, 1.82) is 0 Å². The third-order valence-electron chi connectivity index (χ3n) is 1.94. The Morgan fingerprint density at radius 1 is 0.765 bits per heavy atom. The molecule has 0 fully saturated rings. The molecule has 0 unspecified atom stereocenters. The maximum absolute atomic E-state index is 2.35. The van der Waals surface area contributed by atoms with Crippen LogP contribution in [0.4, 0.5) is 0 Å². The number of hydrogen-bond acceptors (Lipinski definition) is 0. The van der Waals surface area contributed by atoms with Gasteiger partial charge in [-0.25, -0.2) is 0 Å². The largest absolute Gasteiger partial charge is 0.0812 e. The van der Waals surface area contributed by atoms with Gasteiger partial charge in [0.15, 0.2) is 0 Å². The molecule has 0 saturated carbocycles. The van der Waals surface area contributed by atoms with Crippen molar-refractivity contribution in [1.82, 2.24) is 0 Å². The number of rotatable bonds is 1. The molecule has 0 heterocycles. The molecule has 0 amide bonds. The van der Waals surface area contributed by atoms with E-state index >= 15 is 0 Å². The quantitative estimate of drug-likeness (QED) is 0.465. The Labute approximate surface area is 119 Å². The third kappa shape index (κ3) is 8.93. The lowest BCUT2D eigenvalue weighted by atomic mass is 10.2. The van der Waals surface area contributed by atoms with Crippen LogP contribution in [0.1, 0.15) is 25.0 Å². The average molecular weight is 340 g/mol. The molecular weight excluding hydrogens is 319 g/mol. The van der Waals surface area contributed by atoms with Gasteiger partial charge in [0.05, 0.1) is 0 Å². The topological polar surface area (TPSA) is 0 Å². The molecule has 2 rings (SSSR count). The second-order valence-corrected chi connectivity index (χ2v) is 4.04. The standard InChI is InChI=1S/C7H7I.C7H8.C2H6/c8-6-7-4-2-1-3-5-7;1-7-5-3-2-4-6-7;1-2/h1-5H,6H2;2-6H,1H3;1-2H3. The summed E-state index contributed by atoms with van der Waals surface area (Å²) >= 11 is 2.35. The lowest BCUT2D eigenvalue weighted by Crippen LogP contribution is -1.70. The Morgan fingerprint density at radius 3 is 1.41 bits per heavy atom. The summed E-state index contributed by atoms with van der Waals surface area (Å²) in [6, 6.07) is 20.7. The molecule has 2 aromatic rings. The first kappa shape index (κ1) is 16.2. The van der Waals surface area contributed by atoms with Crippen LogP contribution in [0.2, 0.25) is 0 Å². The normalized spacial score (nSPS) is 8.24. The van der Waals surface area contributed by atoms with Crippen LogP contribution in [0, 0.1) is 6.92 Å². The summed E-state index contributed by atoms with van der Waals surface area (Å²) in [6.07, 6.45) is 0. The minimum Gasteiger partial charge on any atom is -0.0812 e. The lowest BCUT2D eigenvalue weighted by Gasteiger charge is -1.88. The SMILES string of the molecule is CC.Cc1ccccc1.ICc1ccccc1. The van der Waals surface area contributed by atoms with Crippen LogP contribution < -0.4 is 0 Å². The zero-order valence-electron chi connectivity index (χ0n) is 10.9. The van der Waals surface area contributed by atoms with Crippen LogP contribution in [-0.4, -0.2) is 0 Å². The Hall–Kier alpha value is -0.830. The third-order valence-corrected chi connectivity index (χ3v) is 2.82. The van der Waals surface area contributed by atoms with E-state index in [1.54, 1.807) is 0 Å². The van der Waals surface area contributed by atoms with E-state index in [1.807, 2.05) is 38.1 Å². The molecular formula is C16H21I. The van der Waals surface area contributed by atoms with Crippen molar-refractivity contribution in [2.24, 2.45) is 0 Å². The second-order valence-electron chi connectivity index (χ2n) is 3.27. The molecule has 0 atom stereocenters. The van der Waals surface area contributed by atoms with Gasteiger partial charge < -0.3 is 0 Å². The van der Waals surface area contributed by atoms with Gasteiger partial charge in [-0.3, -0.25) is 0 Å². The zero-order chi connectivity index (χ0) is 12.9. The van der Waals surface area contributed by atoms with Gasteiger partial charge in [-0.05, 0) is 12.5 Å². The van der Waals surface area contributed by atoms with Crippen molar-refractivity contribution in [3.8, 4) is 0 Å². The Bertz CT molecular complexity index is 354. The fourth-order valence-corrected chi connectivity index (χ4v) is 1.61. The smallest absolute Gasteiger partial charge is 0.0247 e. The lowest BCUT2D eigenvalue weighted by molar-refractivity contribution is 1.46. The van der Waals surface area contributed by atoms with Crippen LogP contribution >= 0.6 is 22.6 Å². The summed E-state index contributed by atoms with van der Waals surface area (Å²) in [4.78, 5) is 0. The van der Waals surface area contributed by atoms with Crippen molar-refractivity contribution in [3.63, 3.8) is 0 Å². The molecule has 1 heteroatoms. The maximum Gasteiger partial charge on any atom is 0.0247 e. The number of aryl methyl sites for hydroxylation is 1. The van der Waals surface area contributed by atoms with Crippen LogP contribution in [-0.2, 0) is 4.43 Å². The molecule has 0 N–H and O–H groups in total. The van der Waals surface area contributed by atoms with Crippen molar-refractivity contribution in [2.45, 2.75) is 25.2 Å². The molecule has 0 spiro atoms. The van der Waals surface area contributed by atoms with Gasteiger partial charge in [0.2, 0.25) is 0 Å². The molecule has 0 aromatic heterocycles. The van der Waals surface area contributed by atoms with Crippen molar-refractivity contribution >= 4 is 22.6 Å². The van der Waals surface area contributed by atoms with E-state index in [0.717, 1.165) is 4.43 Å². The fourth-order valence-electron chi connectivity index (χ4n) is 1.10. The van der Waals surface area contributed by atoms with E-state index in [0.29, 0.717) is 0 Å².